The number of nitrogens with zero attached hydrogens (tertiary/aromatic N) is 2. The maximum atomic E-state index is 12.6. The predicted molar refractivity (Wildman–Crippen MR) is 112 cm³/mol. The normalized spacial score (nSPS) is 16.6. The van der Waals surface area contributed by atoms with Crippen LogP contribution in [0.5, 0.6) is 11.5 Å². The molecular formula is C22H17N3O2S. The van der Waals surface area contributed by atoms with Gasteiger partial charge in [-0.1, -0.05) is 30.3 Å². The molecule has 3 aromatic carbocycles. The molecule has 1 N–H and O–H groups in total. The van der Waals surface area contributed by atoms with Crippen molar-refractivity contribution >= 4 is 34.4 Å². The van der Waals surface area contributed by atoms with Crippen molar-refractivity contribution in [1.82, 2.24) is 9.97 Å². The third-order valence-corrected chi connectivity index (χ3v) is 5.91. The standard InChI is InChI=1S/C22H17N3O2S/c26-21-13-28-22(25(21)16-8-11-19-20(12-16)24-14-23-19)15-6-9-18(10-7-15)27-17-4-2-1-3-5-17/h1-12,14,22H,13H2,(H,23,24). The van der Waals surface area contributed by atoms with Gasteiger partial charge in [-0.3, -0.25) is 9.69 Å². The van der Waals surface area contributed by atoms with E-state index < -0.39 is 0 Å². The first-order chi connectivity index (χ1) is 13.8. The highest BCUT2D eigenvalue weighted by atomic mass is 32.2. The number of carbonyl (C=O) groups excluding carboxylic acids is 1. The molecule has 1 aliphatic rings. The molecule has 1 aromatic heterocycles. The van der Waals surface area contributed by atoms with Crippen molar-refractivity contribution in [2.24, 2.45) is 0 Å². The predicted octanol–water partition coefficient (Wildman–Crippen LogP) is 5.13. The molecule has 1 saturated heterocycles. The maximum Gasteiger partial charge on any atom is 0.238 e. The number of para-hydroxylation sites is 1. The van der Waals surface area contributed by atoms with Gasteiger partial charge in [0.05, 0.1) is 23.1 Å². The van der Waals surface area contributed by atoms with E-state index >= 15 is 0 Å². The Morgan fingerprint density at radius 3 is 2.61 bits per heavy atom. The van der Waals surface area contributed by atoms with Crippen molar-refractivity contribution in [2.45, 2.75) is 5.37 Å². The minimum Gasteiger partial charge on any atom is -0.457 e. The fourth-order valence-corrected chi connectivity index (χ4v) is 4.53. The second-order valence-corrected chi connectivity index (χ2v) is 7.58. The van der Waals surface area contributed by atoms with Crippen LogP contribution >= 0.6 is 11.8 Å². The number of amides is 1. The van der Waals surface area contributed by atoms with Gasteiger partial charge in [-0.15, -0.1) is 11.8 Å². The van der Waals surface area contributed by atoms with E-state index in [-0.39, 0.29) is 11.3 Å². The lowest BCUT2D eigenvalue weighted by Gasteiger charge is -2.24. The number of H-pyrrole nitrogens is 1. The summed E-state index contributed by atoms with van der Waals surface area (Å²) in [6.45, 7) is 0. The molecule has 0 saturated carbocycles. The molecule has 0 radical (unpaired) electrons. The van der Waals surface area contributed by atoms with Gasteiger partial charge in [0.15, 0.2) is 0 Å². The lowest BCUT2D eigenvalue weighted by molar-refractivity contribution is -0.115. The highest BCUT2D eigenvalue weighted by Crippen LogP contribution is 2.42. The van der Waals surface area contributed by atoms with Crippen LogP contribution in [-0.2, 0) is 4.79 Å². The Labute approximate surface area is 166 Å². The van der Waals surface area contributed by atoms with E-state index in [2.05, 4.69) is 9.97 Å². The first-order valence-electron chi connectivity index (χ1n) is 8.97. The number of aromatic nitrogens is 2. The largest absolute Gasteiger partial charge is 0.457 e. The molecule has 1 unspecified atom stereocenters. The number of carbonyl (C=O) groups is 1. The van der Waals surface area contributed by atoms with Gasteiger partial charge >= 0.3 is 0 Å². The molecule has 4 aromatic rings. The zero-order chi connectivity index (χ0) is 18.9. The van der Waals surface area contributed by atoms with Gasteiger partial charge in [-0.05, 0) is 48.0 Å². The minimum atomic E-state index is -0.0568. The van der Waals surface area contributed by atoms with Crippen molar-refractivity contribution in [1.29, 1.82) is 0 Å². The van der Waals surface area contributed by atoms with Gasteiger partial charge in [-0.25, -0.2) is 4.98 Å². The van der Waals surface area contributed by atoms with Crippen LogP contribution in [0.25, 0.3) is 11.0 Å². The molecule has 0 aliphatic carbocycles. The number of thioether (sulfide) groups is 1. The van der Waals surface area contributed by atoms with Crippen LogP contribution in [0.3, 0.4) is 0 Å². The van der Waals surface area contributed by atoms with Crippen molar-refractivity contribution in [3.63, 3.8) is 0 Å². The molecule has 28 heavy (non-hydrogen) atoms. The number of anilines is 1. The Bertz CT molecular complexity index is 1130. The Kier molecular flexibility index (Phi) is 4.25. The first kappa shape index (κ1) is 16.9. The Morgan fingerprint density at radius 2 is 1.79 bits per heavy atom. The third kappa shape index (κ3) is 3.12. The maximum absolute atomic E-state index is 12.6. The molecule has 0 spiro atoms. The van der Waals surface area contributed by atoms with E-state index in [1.165, 1.54) is 0 Å². The topological polar surface area (TPSA) is 58.2 Å². The number of hydrogen-bond acceptors (Lipinski definition) is 4. The zero-order valence-electron chi connectivity index (χ0n) is 14.9. The van der Waals surface area contributed by atoms with Crippen LogP contribution in [0, 0.1) is 0 Å². The number of hydrogen-bond donors (Lipinski definition) is 1. The van der Waals surface area contributed by atoms with Crippen molar-refractivity contribution in [3.8, 4) is 11.5 Å². The lowest BCUT2D eigenvalue weighted by Crippen LogP contribution is -2.27. The van der Waals surface area contributed by atoms with Gasteiger partial charge < -0.3 is 9.72 Å². The monoisotopic (exact) mass is 387 g/mol. The molecule has 1 amide bonds. The Balaban J connectivity index is 1.41. The van der Waals surface area contributed by atoms with E-state index in [1.807, 2.05) is 77.7 Å². The summed E-state index contributed by atoms with van der Waals surface area (Å²) >= 11 is 1.63. The van der Waals surface area contributed by atoms with Gasteiger partial charge in [0.1, 0.15) is 16.9 Å². The van der Waals surface area contributed by atoms with Crippen LogP contribution in [0.2, 0.25) is 0 Å². The van der Waals surface area contributed by atoms with Gasteiger partial charge in [0.25, 0.3) is 0 Å². The summed E-state index contributed by atoms with van der Waals surface area (Å²) in [7, 11) is 0. The van der Waals surface area contributed by atoms with Crippen LogP contribution in [0.1, 0.15) is 10.9 Å². The molecule has 2 heterocycles. The number of nitrogens with one attached hydrogen (secondary N) is 1. The summed E-state index contributed by atoms with van der Waals surface area (Å²) in [6.07, 6.45) is 1.66. The average molecular weight is 387 g/mol. The number of aromatic amines is 1. The van der Waals surface area contributed by atoms with Crippen LogP contribution in [-0.4, -0.2) is 21.6 Å². The highest BCUT2D eigenvalue weighted by molar-refractivity contribution is 8.00. The number of ether oxygens (including phenoxy) is 1. The van der Waals surface area contributed by atoms with Crippen molar-refractivity contribution in [3.05, 3.63) is 84.7 Å². The fourth-order valence-electron chi connectivity index (χ4n) is 3.35. The van der Waals surface area contributed by atoms with E-state index in [1.54, 1.807) is 18.1 Å². The van der Waals surface area contributed by atoms with Gasteiger partial charge in [0, 0.05) is 5.69 Å². The number of imidazole rings is 1. The van der Waals surface area contributed by atoms with Gasteiger partial charge in [-0.2, -0.15) is 0 Å². The summed E-state index contributed by atoms with van der Waals surface area (Å²) in [5, 5.41) is -0.0568. The highest BCUT2D eigenvalue weighted by Gasteiger charge is 2.34. The fraction of sp³-hybridized carbons (Fsp3) is 0.0909. The van der Waals surface area contributed by atoms with Crippen molar-refractivity contribution < 1.29 is 9.53 Å². The van der Waals surface area contributed by atoms with Crippen molar-refractivity contribution in [2.75, 3.05) is 10.7 Å². The number of rotatable bonds is 4. The van der Waals surface area contributed by atoms with E-state index in [0.29, 0.717) is 5.75 Å². The van der Waals surface area contributed by atoms with Crippen LogP contribution in [0.4, 0.5) is 5.69 Å². The molecule has 1 fully saturated rings. The lowest BCUT2D eigenvalue weighted by atomic mass is 10.1. The summed E-state index contributed by atoms with van der Waals surface area (Å²) < 4.78 is 5.87. The van der Waals surface area contributed by atoms with Gasteiger partial charge in [0.2, 0.25) is 5.91 Å². The molecule has 6 heteroatoms. The Morgan fingerprint density at radius 1 is 1.00 bits per heavy atom. The second kappa shape index (κ2) is 7.05. The molecule has 1 aliphatic heterocycles. The molecule has 0 bridgehead atoms. The van der Waals surface area contributed by atoms with Crippen LogP contribution in [0.15, 0.2) is 79.1 Å². The van der Waals surface area contributed by atoms with Crippen LogP contribution < -0.4 is 9.64 Å². The smallest absolute Gasteiger partial charge is 0.238 e. The summed E-state index contributed by atoms with van der Waals surface area (Å²) in [6, 6.07) is 23.5. The number of fused-ring (bicyclic) bond motifs is 1. The summed E-state index contributed by atoms with van der Waals surface area (Å²) in [4.78, 5) is 21.8. The SMILES string of the molecule is O=C1CSC(c2ccc(Oc3ccccc3)cc2)N1c1ccc2nc[nH]c2c1. The molecule has 5 rings (SSSR count). The first-order valence-corrected chi connectivity index (χ1v) is 10.0. The molecule has 1 atom stereocenters. The van der Waals surface area contributed by atoms with E-state index in [0.717, 1.165) is 33.8 Å². The summed E-state index contributed by atoms with van der Waals surface area (Å²) in [5.74, 6) is 2.15. The molecule has 5 nitrogen and oxygen atoms in total. The summed E-state index contributed by atoms with van der Waals surface area (Å²) in [5.41, 5.74) is 3.76. The quantitative estimate of drug-likeness (QED) is 0.527. The second-order valence-electron chi connectivity index (χ2n) is 6.52. The zero-order valence-corrected chi connectivity index (χ0v) is 15.7. The Hall–Kier alpha value is -3.25. The minimum absolute atomic E-state index is 0.0568. The van der Waals surface area contributed by atoms with E-state index in [9.17, 15) is 4.79 Å². The average Bonchev–Trinajstić information content (AvgIpc) is 3.35. The number of benzene rings is 3. The third-order valence-electron chi connectivity index (χ3n) is 4.69. The molecular weight excluding hydrogens is 370 g/mol. The molecule has 138 valence electrons. The van der Waals surface area contributed by atoms with E-state index in [4.69, 9.17) is 4.74 Å².